The van der Waals surface area contributed by atoms with Crippen molar-refractivity contribution >= 4 is 5.91 Å². The Bertz CT molecular complexity index is 773. The largest absolute Gasteiger partial charge is 0.454 e. The van der Waals surface area contributed by atoms with E-state index in [-0.39, 0.29) is 12.7 Å². The number of ether oxygens (including phenoxy) is 2. The van der Waals surface area contributed by atoms with Crippen molar-refractivity contribution < 1.29 is 14.3 Å². The van der Waals surface area contributed by atoms with Gasteiger partial charge in [-0.2, -0.15) is 0 Å². The molecule has 6 nitrogen and oxygen atoms in total. The monoisotopic (exact) mass is 367 g/mol. The van der Waals surface area contributed by atoms with Gasteiger partial charge in [0.15, 0.2) is 11.5 Å². The molecule has 1 saturated heterocycles. The van der Waals surface area contributed by atoms with Crippen LogP contribution in [0.5, 0.6) is 11.5 Å². The summed E-state index contributed by atoms with van der Waals surface area (Å²) in [7, 11) is 0. The number of hydrogen-bond acceptors (Lipinski definition) is 5. The van der Waals surface area contributed by atoms with E-state index < -0.39 is 0 Å². The van der Waals surface area contributed by atoms with Gasteiger partial charge in [-0.1, -0.05) is 36.4 Å². The van der Waals surface area contributed by atoms with E-state index in [4.69, 9.17) is 9.47 Å². The number of fused-ring (bicyclic) bond motifs is 1. The molecule has 0 bridgehead atoms. The standard InChI is InChI=1S/C21H25N3O3/c25-21(14-22-13-18-6-7-19-20(12-18)27-16-26-19)24-10-8-23(9-11-24)15-17-4-2-1-3-5-17/h1-7,12,22H,8-11,13-16H2. The van der Waals surface area contributed by atoms with Gasteiger partial charge >= 0.3 is 0 Å². The van der Waals surface area contributed by atoms with Crippen LogP contribution < -0.4 is 14.8 Å². The van der Waals surface area contributed by atoms with Gasteiger partial charge in [-0.15, -0.1) is 0 Å². The van der Waals surface area contributed by atoms with E-state index in [2.05, 4.69) is 34.5 Å². The van der Waals surface area contributed by atoms with E-state index in [1.165, 1.54) is 5.56 Å². The summed E-state index contributed by atoms with van der Waals surface area (Å²) in [4.78, 5) is 16.8. The van der Waals surface area contributed by atoms with E-state index in [0.29, 0.717) is 13.1 Å². The van der Waals surface area contributed by atoms with Gasteiger partial charge in [0.05, 0.1) is 6.54 Å². The number of nitrogens with one attached hydrogen (secondary N) is 1. The number of hydrogen-bond donors (Lipinski definition) is 1. The van der Waals surface area contributed by atoms with Crippen LogP contribution in [-0.2, 0) is 17.9 Å². The average Bonchev–Trinajstić information content (AvgIpc) is 3.17. The SMILES string of the molecule is O=C(CNCc1ccc2c(c1)OCO2)N1CCN(Cc2ccccc2)CC1. The molecule has 1 fully saturated rings. The normalized spacial score (nSPS) is 16.5. The van der Waals surface area contributed by atoms with Gasteiger partial charge in [-0.05, 0) is 23.3 Å². The van der Waals surface area contributed by atoms with E-state index in [0.717, 1.165) is 49.8 Å². The van der Waals surface area contributed by atoms with Crippen LogP contribution >= 0.6 is 0 Å². The lowest BCUT2D eigenvalue weighted by Crippen LogP contribution is -2.50. The molecule has 2 heterocycles. The number of carbonyl (C=O) groups is 1. The Morgan fingerprint density at radius 1 is 0.926 bits per heavy atom. The maximum atomic E-state index is 12.4. The fourth-order valence-electron chi connectivity index (χ4n) is 3.47. The Kier molecular flexibility index (Phi) is 5.55. The van der Waals surface area contributed by atoms with E-state index >= 15 is 0 Å². The zero-order chi connectivity index (χ0) is 18.5. The number of rotatable bonds is 6. The Labute approximate surface area is 159 Å². The van der Waals surface area contributed by atoms with Gasteiger partial charge in [-0.3, -0.25) is 9.69 Å². The Balaban J connectivity index is 1.18. The first-order chi connectivity index (χ1) is 13.3. The maximum Gasteiger partial charge on any atom is 0.236 e. The third kappa shape index (κ3) is 4.59. The van der Waals surface area contributed by atoms with Gasteiger partial charge < -0.3 is 19.7 Å². The van der Waals surface area contributed by atoms with Crippen molar-refractivity contribution in [2.45, 2.75) is 13.1 Å². The topological polar surface area (TPSA) is 54.0 Å². The molecule has 0 atom stereocenters. The first-order valence-corrected chi connectivity index (χ1v) is 9.41. The highest BCUT2D eigenvalue weighted by Gasteiger charge is 2.21. The molecule has 1 amide bonds. The minimum absolute atomic E-state index is 0.162. The van der Waals surface area contributed by atoms with Crippen molar-refractivity contribution in [2.24, 2.45) is 0 Å². The van der Waals surface area contributed by atoms with Crippen molar-refractivity contribution in [1.82, 2.24) is 15.1 Å². The summed E-state index contributed by atoms with van der Waals surface area (Å²) in [6, 6.07) is 16.3. The fraction of sp³-hybridized carbons (Fsp3) is 0.381. The molecule has 2 aromatic rings. The second kappa shape index (κ2) is 8.41. The van der Waals surface area contributed by atoms with E-state index in [1.54, 1.807) is 0 Å². The summed E-state index contributed by atoms with van der Waals surface area (Å²) < 4.78 is 10.7. The van der Waals surface area contributed by atoms with Crippen molar-refractivity contribution in [3.63, 3.8) is 0 Å². The van der Waals surface area contributed by atoms with Crippen LogP contribution in [0, 0.1) is 0 Å². The van der Waals surface area contributed by atoms with Crippen molar-refractivity contribution in [2.75, 3.05) is 39.5 Å². The molecular formula is C21H25N3O3. The lowest BCUT2D eigenvalue weighted by Gasteiger charge is -2.34. The molecule has 0 aliphatic carbocycles. The number of amides is 1. The molecular weight excluding hydrogens is 342 g/mol. The molecule has 1 N–H and O–H groups in total. The summed E-state index contributed by atoms with van der Waals surface area (Å²) >= 11 is 0. The van der Waals surface area contributed by atoms with Gasteiger partial charge in [0.2, 0.25) is 12.7 Å². The molecule has 0 radical (unpaired) electrons. The summed E-state index contributed by atoms with van der Waals surface area (Å²) in [5.74, 6) is 1.72. The first kappa shape index (κ1) is 17.8. The molecule has 6 heteroatoms. The molecule has 0 spiro atoms. The molecule has 4 rings (SSSR count). The van der Waals surface area contributed by atoms with Crippen LogP contribution in [0.4, 0.5) is 0 Å². The summed E-state index contributed by atoms with van der Waals surface area (Å²) in [6.07, 6.45) is 0. The van der Waals surface area contributed by atoms with Crippen molar-refractivity contribution in [1.29, 1.82) is 0 Å². The third-order valence-electron chi connectivity index (χ3n) is 5.02. The van der Waals surface area contributed by atoms with Gasteiger partial charge in [0.25, 0.3) is 0 Å². The first-order valence-electron chi connectivity index (χ1n) is 9.41. The minimum Gasteiger partial charge on any atom is -0.454 e. The van der Waals surface area contributed by atoms with E-state index in [1.807, 2.05) is 29.2 Å². The smallest absolute Gasteiger partial charge is 0.236 e. The maximum absolute atomic E-state index is 12.4. The second-order valence-corrected chi connectivity index (χ2v) is 6.93. The minimum atomic E-state index is 0.162. The van der Waals surface area contributed by atoms with Crippen molar-refractivity contribution in [3.8, 4) is 11.5 Å². The average molecular weight is 367 g/mol. The molecule has 2 aliphatic heterocycles. The third-order valence-corrected chi connectivity index (χ3v) is 5.02. The lowest BCUT2D eigenvalue weighted by atomic mass is 10.2. The Morgan fingerprint density at radius 3 is 2.52 bits per heavy atom. The molecule has 2 aliphatic rings. The van der Waals surface area contributed by atoms with Crippen LogP contribution in [0.2, 0.25) is 0 Å². The van der Waals surface area contributed by atoms with E-state index in [9.17, 15) is 4.79 Å². The highest BCUT2D eigenvalue weighted by molar-refractivity contribution is 5.78. The summed E-state index contributed by atoms with van der Waals surface area (Å²) in [5.41, 5.74) is 2.40. The quantitative estimate of drug-likeness (QED) is 0.845. The zero-order valence-corrected chi connectivity index (χ0v) is 15.4. The fourth-order valence-corrected chi connectivity index (χ4v) is 3.47. The van der Waals surface area contributed by atoms with Gasteiger partial charge in [0, 0.05) is 39.3 Å². The van der Waals surface area contributed by atoms with Gasteiger partial charge in [-0.25, -0.2) is 0 Å². The Hall–Kier alpha value is -2.57. The highest BCUT2D eigenvalue weighted by atomic mass is 16.7. The number of piperazine rings is 1. The number of nitrogens with zero attached hydrogens (tertiary/aromatic N) is 2. The zero-order valence-electron chi connectivity index (χ0n) is 15.4. The Morgan fingerprint density at radius 2 is 1.70 bits per heavy atom. The van der Waals surface area contributed by atoms with Crippen LogP contribution in [0.3, 0.4) is 0 Å². The summed E-state index contributed by atoms with van der Waals surface area (Å²) in [6.45, 7) is 5.63. The molecule has 2 aromatic carbocycles. The molecule has 27 heavy (non-hydrogen) atoms. The lowest BCUT2D eigenvalue weighted by molar-refractivity contribution is -0.132. The molecule has 142 valence electrons. The molecule has 0 unspecified atom stereocenters. The predicted molar refractivity (Wildman–Crippen MR) is 103 cm³/mol. The van der Waals surface area contributed by atoms with Crippen LogP contribution in [-0.4, -0.2) is 55.2 Å². The predicted octanol–water partition coefficient (Wildman–Crippen LogP) is 1.85. The van der Waals surface area contributed by atoms with Gasteiger partial charge in [0.1, 0.15) is 0 Å². The van der Waals surface area contributed by atoms with Crippen LogP contribution in [0.1, 0.15) is 11.1 Å². The highest BCUT2D eigenvalue weighted by Crippen LogP contribution is 2.32. The number of benzene rings is 2. The molecule has 0 aromatic heterocycles. The molecule has 0 saturated carbocycles. The van der Waals surface area contributed by atoms with Crippen LogP contribution in [0.25, 0.3) is 0 Å². The summed E-state index contributed by atoms with van der Waals surface area (Å²) in [5, 5.41) is 3.24. The number of carbonyl (C=O) groups excluding carboxylic acids is 1. The van der Waals surface area contributed by atoms with Crippen molar-refractivity contribution in [3.05, 3.63) is 59.7 Å². The van der Waals surface area contributed by atoms with Crippen LogP contribution in [0.15, 0.2) is 48.5 Å². The second-order valence-electron chi connectivity index (χ2n) is 6.93.